The molecule has 0 aromatic heterocycles. The maximum absolute atomic E-state index is 13.6. The number of nitrogens with one attached hydrogen (secondary N) is 2. The summed E-state index contributed by atoms with van der Waals surface area (Å²) in [6.07, 6.45) is -0.677. The maximum atomic E-state index is 13.6. The van der Waals surface area contributed by atoms with Crippen molar-refractivity contribution >= 4 is 23.6 Å². The number of likely N-dealkylation sites (tertiary alicyclic amines) is 1. The fourth-order valence-electron chi connectivity index (χ4n) is 4.07. The minimum Gasteiger partial charge on any atom is -0.483 e. The van der Waals surface area contributed by atoms with Crippen LogP contribution in [0.2, 0.25) is 0 Å². The maximum Gasteiger partial charge on any atom is 0.258 e. The van der Waals surface area contributed by atoms with Crippen molar-refractivity contribution < 1.29 is 29.0 Å². The van der Waals surface area contributed by atoms with Crippen molar-refractivity contribution in [1.82, 2.24) is 20.4 Å². The number of benzene rings is 1. The topological polar surface area (TPSA) is 128 Å². The molecule has 10 nitrogen and oxygen atoms in total. The molecule has 37 heavy (non-hydrogen) atoms. The van der Waals surface area contributed by atoms with Gasteiger partial charge in [-0.05, 0) is 52.7 Å². The minimum atomic E-state index is -0.935. The van der Waals surface area contributed by atoms with E-state index in [1.165, 1.54) is 4.90 Å². The average molecular weight is 519 g/mol. The number of aliphatic hydroxyl groups excluding tert-OH is 1. The zero-order valence-corrected chi connectivity index (χ0v) is 23.2. The fraction of sp³-hybridized carbons (Fsp3) is 0.630. The summed E-state index contributed by atoms with van der Waals surface area (Å²) < 4.78 is 5.63. The number of rotatable bonds is 9. The Morgan fingerprint density at radius 3 is 2.32 bits per heavy atom. The van der Waals surface area contributed by atoms with Crippen LogP contribution in [0.5, 0.6) is 5.75 Å². The van der Waals surface area contributed by atoms with E-state index in [4.69, 9.17) is 4.74 Å². The van der Waals surface area contributed by atoms with E-state index in [2.05, 4.69) is 10.6 Å². The third kappa shape index (κ3) is 8.18. The van der Waals surface area contributed by atoms with Crippen molar-refractivity contribution in [2.75, 3.05) is 20.2 Å². The van der Waals surface area contributed by atoms with Gasteiger partial charge in [-0.1, -0.05) is 26.0 Å². The van der Waals surface area contributed by atoms with Gasteiger partial charge in [0.2, 0.25) is 11.8 Å². The Morgan fingerprint density at radius 1 is 1.14 bits per heavy atom. The van der Waals surface area contributed by atoms with Crippen molar-refractivity contribution in [1.29, 1.82) is 0 Å². The highest BCUT2D eigenvalue weighted by molar-refractivity contribution is 6.00. The van der Waals surface area contributed by atoms with Gasteiger partial charge in [0.15, 0.2) is 6.61 Å². The summed E-state index contributed by atoms with van der Waals surface area (Å²) in [5.74, 6) is -1.63. The molecule has 0 spiro atoms. The predicted octanol–water partition coefficient (Wildman–Crippen LogP) is 1.56. The smallest absolute Gasteiger partial charge is 0.258 e. The monoisotopic (exact) mass is 518 g/mol. The van der Waals surface area contributed by atoms with E-state index in [1.807, 2.05) is 34.6 Å². The van der Waals surface area contributed by atoms with Crippen molar-refractivity contribution in [2.24, 2.45) is 5.92 Å². The van der Waals surface area contributed by atoms with Crippen LogP contribution in [0.3, 0.4) is 0 Å². The first-order chi connectivity index (χ1) is 17.1. The molecular weight excluding hydrogens is 476 g/mol. The van der Waals surface area contributed by atoms with Gasteiger partial charge in [-0.25, -0.2) is 0 Å². The summed E-state index contributed by atoms with van der Waals surface area (Å²) in [6, 6.07) is 4.68. The minimum absolute atomic E-state index is 0.0167. The molecular formula is C27H42N4O6. The number of likely N-dealkylation sites (N-methyl/N-ethyl adjacent to an activating group) is 1. The highest BCUT2D eigenvalue weighted by Gasteiger charge is 2.43. The van der Waals surface area contributed by atoms with Gasteiger partial charge in [-0.3, -0.25) is 19.2 Å². The number of ether oxygens (including phenoxy) is 1. The van der Waals surface area contributed by atoms with Crippen LogP contribution in [-0.2, 0) is 14.4 Å². The van der Waals surface area contributed by atoms with E-state index >= 15 is 0 Å². The lowest BCUT2D eigenvalue weighted by Gasteiger charge is -2.33. The number of para-hydroxylation sites is 1. The number of hydrogen-bond acceptors (Lipinski definition) is 6. The van der Waals surface area contributed by atoms with E-state index in [1.54, 1.807) is 50.1 Å². The molecule has 1 heterocycles. The number of β-amino-alcohol motifs (C(OH)–C–C–N with tert-alkyl or cyclic N) is 1. The van der Waals surface area contributed by atoms with Gasteiger partial charge in [0, 0.05) is 31.6 Å². The molecule has 206 valence electrons. The molecule has 1 fully saturated rings. The van der Waals surface area contributed by atoms with Gasteiger partial charge in [0.25, 0.3) is 11.8 Å². The van der Waals surface area contributed by atoms with Crippen LogP contribution in [0.15, 0.2) is 24.3 Å². The Labute approximate surface area is 219 Å². The summed E-state index contributed by atoms with van der Waals surface area (Å²) >= 11 is 0. The van der Waals surface area contributed by atoms with Gasteiger partial charge in [-0.15, -0.1) is 0 Å². The quantitative estimate of drug-likeness (QED) is 0.455. The standard InChI is InChI=1S/C27H42N4O6/c1-16(2)23(26(36)31-14-18(32)13-20(31)25(35)30(8)17(3)4)28-24(34)19-11-9-10-12-21(19)37-15-22(33)29-27(5,6)7/h9-12,16-18,20,23,32H,13-15H2,1-8H3,(H,28,34)(H,29,33)/t18-,20+,23+/m0/s1. The molecule has 0 saturated carbocycles. The number of carbonyl (C=O) groups is 4. The lowest BCUT2D eigenvalue weighted by atomic mass is 10.0. The largest absolute Gasteiger partial charge is 0.483 e. The zero-order chi connectivity index (χ0) is 28.1. The Kier molecular flexibility index (Phi) is 10.1. The van der Waals surface area contributed by atoms with E-state index in [9.17, 15) is 24.3 Å². The Morgan fingerprint density at radius 2 is 1.76 bits per heavy atom. The van der Waals surface area contributed by atoms with Gasteiger partial charge in [0.05, 0.1) is 11.7 Å². The van der Waals surface area contributed by atoms with Crippen LogP contribution in [0, 0.1) is 5.92 Å². The molecule has 0 aliphatic carbocycles. The number of carbonyl (C=O) groups excluding carboxylic acids is 4. The number of hydrogen-bond donors (Lipinski definition) is 3. The van der Waals surface area contributed by atoms with Crippen LogP contribution < -0.4 is 15.4 Å². The van der Waals surface area contributed by atoms with Crippen molar-refractivity contribution in [3.63, 3.8) is 0 Å². The lowest BCUT2D eigenvalue weighted by Crippen LogP contribution is -2.56. The summed E-state index contributed by atoms with van der Waals surface area (Å²) in [7, 11) is 1.67. The highest BCUT2D eigenvalue weighted by atomic mass is 16.5. The first kappa shape index (κ1) is 30.1. The molecule has 1 aliphatic heterocycles. The second-order valence-electron chi connectivity index (χ2n) is 11.2. The summed E-state index contributed by atoms with van der Waals surface area (Å²) in [5, 5.41) is 15.9. The predicted molar refractivity (Wildman–Crippen MR) is 140 cm³/mol. The van der Waals surface area contributed by atoms with Gasteiger partial charge in [-0.2, -0.15) is 0 Å². The third-order valence-corrected chi connectivity index (χ3v) is 6.19. The van der Waals surface area contributed by atoms with Crippen LogP contribution in [-0.4, -0.2) is 88.5 Å². The van der Waals surface area contributed by atoms with Crippen molar-refractivity contribution in [3.8, 4) is 5.75 Å². The molecule has 2 rings (SSSR count). The van der Waals surface area contributed by atoms with Crippen molar-refractivity contribution in [2.45, 2.75) is 84.7 Å². The normalized spacial score (nSPS) is 18.5. The highest BCUT2D eigenvalue weighted by Crippen LogP contribution is 2.24. The van der Waals surface area contributed by atoms with Crippen LogP contribution >= 0.6 is 0 Å². The van der Waals surface area contributed by atoms with Gasteiger partial charge >= 0.3 is 0 Å². The van der Waals surface area contributed by atoms with Gasteiger partial charge < -0.3 is 30.3 Å². The lowest BCUT2D eigenvalue weighted by molar-refractivity contribution is -0.145. The summed E-state index contributed by atoms with van der Waals surface area (Å²) in [5.41, 5.74) is -0.243. The molecule has 0 radical (unpaired) electrons. The zero-order valence-electron chi connectivity index (χ0n) is 23.2. The Bertz CT molecular complexity index is 987. The fourth-order valence-corrected chi connectivity index (χ4v) is 4.07. The summed E-state index contributed by atoms with van der Waals surface area (Å²) in [4.78, 5) is 55.0. The van der Waals surface area contributed by atoms with E-state index in [-0.39, 0.29) is 54.7 Å². The van der Waals surface area contributed by atoms with Crippen LogP contribution in [0.25, 0.3) is 0 Å². The molecule has 0 bridgehead atoms. The molecule has 0 unspecified atom stereocenters. The van der Waals surface area contributed by atoms with Crippen molar-refractivity contribution in [3.05, 3.63) is 29.8 Å². The molecule has 1 aliphatic rings. The molecule has 4 amide bonds. The molecule has 10 heteroatoms. The van der Waals surface area contributed by atoms with E-state index in [0.717, 1.165) is 0 Å². The SMILES string of the molecule is CC(C)[C@@H](NC(=O)c1ccccc1OCC(=O)NC(C)(C)C)C(=O)N1C[C@@H](O)C[C@@H]1C(=O)N(C)C(C)C. The van der Waals surface area contributed by atoms with Crippen LogP contribution in [0.1, 0.15) is 65.2 Å². The molecule has 1 aromatic carbocycles. The first-order valence-corrected chi connectivity index (χ1v) is 12.7. The van der Waals surface area contributed by atoms with Crippen LogP contribution in [0.4, 0.5) is 0 Å². The average Bonchev–Trinajstić information content (AvgIpc) is 3.20. The number of nitrogens with zero attached hydrogens (tertiary/aromatic N) is 2. The molecule has 1 saturated heterocycles. The Balaban J connectivity index is 2.20. The van der Waals surface area contributed by atoms with E-state index < -0.39 is 35.5 Å². The first-order valence-electron chi connectivity index (χ1n) is 12.7. The summed E-state index contributed by atoms with van der Waals surface area (Å²) in [6.45, 7) is 12.7. The number of aliphatic hydroxyl groups is 1. The van der Waals surface area contributed by atoms with E-state index in [0.29, 0.717) is 0 Å². The molecule has 3 atom stereocenters. The molecule has 1 aromatic rings. The van der Waals surface area contributed by atoms with Gasteiger partial charge in [0.1, 0.15) is 17.8 Å². The Hall–Kier alpha value is -3.14. The molecule has 3 N–H and O–H groups in total. The second-order valence-corrected chi connectivity index (χ2v) is 11.2. The third-order valence-electron chi connectivity index (χ3n) is 6.19. The second kappa shape index (κ2) is 12.4. The number of amides is 4.